The van der Waals surface area contributed by atoms with Crippen LogP contribution < -0.4 is 0 Å². The quantitative estimate of drug-likeness (QED) is 0.684. The monoisotopic (exact) mass is 212 g/mol. The van der Waals surface area contributed by atoms with Crippen molar-refractivity contribution in [3.63, 3.8) is 0 Å². The van der Waals surface area contributed by atoms with E-state index in [9.17, 15) is 9.50 Å². The number of hydrogen-bond acceptors (Lipinski definition) is 1. The van der Waals surface area contributed by atoms with Crippen LogP contribution in [0.4, 0.5) is 4.39 Å². The van der Waals surface area contributed by atoms with Crippen LogP contribution >= 0.6 is 0 Å². The summed E-state index contributed by atoms with van der Waals surface area (Å²) in [6.07, 6.45) is 0. The van der Waals surface area contributed by atoms with Crippen molar-refractivity contribution in [2.75, 3.05) is 0 Å². The second-order valence-corrected chi connectivity index (χ2v) is 4.37. The van der Waals surface area contributed by atoms with E-state index >= 15 is 0 Å². The van der Waals surface area contributed by atoms with Crippen LogP contribution in [0.5, 0.6) is 5.75 Å². The molecule has 0 saturated heterocycles. The van der Waals surface area contributed by atoms with E-state index in [0.717, 1.165) is 11.1 Å². The number of phenolic OH excluding ortho intramolecular Hbond substituents is 1. The molecule has 2 heteroatoms. The Morgan fingerprint density at radius 2 is 1.60 bits per heavy atom. The molecule has 1 aromatic rings. The van der Waals surface area contributed by atoms with Gasteiger partial charge in [-0.25, -0.2) is 4.39 Å². The lowest BCUT2D eigenvalue weighted by Crippen LogP contribution is -2.13. The molecule has 1 aromatic carbocycles. The lowest BCUT2D eigenvalue weighted by Gasteiger charge is -2.21. The van der Waals surface area contributed by atoms with E-state index in [-0.39, 0.29) is 11.2 Å². The fourth-order valence-electron chi connectivity index (χ4n) is 1.47. The molecule has 1 nitrogen and oxygen atoms in total. The van der Waals surface area contributed by atoms with Crippen LogP contribution in [-0.2, 0) is 5.41 Å². The van der Waals surface area contributed by atoms with Crippen LogP contribution in [-0.4, -0.2) is 5.11 Å². The molecule has 0 aliphatic rings. The number of halogens is 1. The summed E-state index contributed by atoms with van der Waals surface area (Å²) in [7, 11) is 0. The van der Waals surface area contributed by atoms with Crippen molar-refractivity contribution < 1.29 is 9.50 Å². The highest BCUT2D eigenvalue weighted by Gasteiger charge is 2.18. The fraction of sp³-hybridized carbons (Fsp3) is 0.538. The maximum atomic E-state index is 12.9. The van der Waals surface area contributed by atoms with Crippen LogP contribution in [0.25, 0.3) is 0 Å². The van der Waals surface area contributed by atoms with Gasteiger partial charge >= 0.3 is 0 Å². The second-order valence-electron chi connectivity index (χ2n) is 4.37. The minimum absolute atomic E-state index is 0.0603. The minimum atomic E-state index is -0.550. The molecule has 0 heterocycles. The Morgan fingerprint density at radius 1 is 1.13 bits per heavy atom. The molecular formula is C13H21FO. The van der Waals surface area contributed by atoms with Gasteiger partial charge < -0.3 is 5.11 Å². The van der Waals surface area contributed by atoms with Crippen LogP contribution in [0.1, 0.15) is 45.7 Å². The molecule has 1 rings (SSSR count). The van der Waals surface area contributed by atoms with Gasteiger partial charge in [0, 0.05) is 0 Å². The standard InChI is InChI=1S/C11H15FO.C2H6/c1-7-5-9(12)10(13)6-8(7)11(2,3)4;1-2/h5-6,13H,1-4H3;1-2H3. The Labute approximate surface area is 92.0 Å². The van der Waals surface area contributed by atoms with Gasteiger partial charge in [0.2, 0.25) is 0 Å². The summed E-state index contributed by atoms with van der Waals surface area (Å²) in [6, 6.07) is 2.88. The van der Waals surface area contributed by atoms with Crippen LogP contribution in [0, 0.1) is 12.7 Å². The average Bonchev–Trinajstić information content (AvgIpc) is 2.13. The highest BCUT2D eigenvalue weighted by atomic mass is 19.1. The normalized spacial score (nSPS) is 10.6. The van der Waals surface area contributed by atoms with Crippen molar-refractivity contribution in [3.8, 4) is 5.75 Å². The number of phenols is 1. The summed E-state index contributed by atoms with van der Waals surface area (Å²) >= 11 is 0. The van der Waals surface area contributed by atoms with Crippen LogP contribution in [0.3, 0.4) is 0 Å². The number of hydrogen-bond donors (Lipinski definition) is 1. The molecule has 0 fully saturated rings. The number of aromatic hydroxyl groups is 1. The highest BCUT2D eigenvalue weighted by molar-refractivity contribution is 5.39. The maximum absolute atomic E-state index is 12.9. The molecular weight excluding hydrogens is 191 g/mol. The summed E-state index contributed by atoms with van der Waals surface area (Å²) in [4.78, 5) is 0. The van der Waals surface area contributed by atoms with Crippen LogP contribution in [0.15, 0.2) is 12.1 Å². The summed E-state index contributed by atoms with van der Waals surface area (Å²) in [5.41, 5.74) is 1.80. The number of aryl methyl sites for hydroxylation is 1. The Kier molecular flexibility index (Phi) is 4.79. The van der Waals surface area contributed by atoms with Crippen molar-refractivity contribution >= 4 is 0 Å². The molecule has 0 unspecified atom stereocenters. The summed E-state index contributed by atoms with van der Waals surface area (Å²) in [5, 5.41) is 9.21. The smallest absolute Gasteiger partial charge is 0.165 e. The van der Waals surface area contributed by atoms with E-state index in [1.54, 1.807) is 0 Å². The van der Waals surface area contributed by atoms with Gasteiger partial charge in [-0.05, 0) is 35.6 Å². The van der Waals surface area contributed by atoms with Crippen molar-refractivity contribution in [1.29, 1.82) is 0 Å². The second kappa shape index (κ2) is 5.15. The Balaban J connectivity index is 0.000000921. The van der Waals surface area contributed by atoms with Crippen molar-refractivity contribution in [3.05, 3.63) is 29.1 Å². The Hall–Kier alpha value is -1.05. The first-order valence-electron chi connectivity index (χ1n) is 5.32. The van der Waals surface area contributed by atoms with Gasteiger partial charge in [-0.3, -0.25) is 0 Å². The molecule has 15 heavy (non-hydrogen) atoms. The summed E-state index contributed by atoms with van der Waals surface area (Å²) in [6.45, 7) is 12.0. The molecule has 0 bridgehead atoms. The molecule has 0 aliphatic carbocycles. The van der Waals surface area contributed by atoms with E-state index in [2.05, 4.69) is 0 Å². The van der Waals surface area contributed by atoms with Crippen molar-refractivity contribution in [1.82, 2.24) is 0 Å². The summed E-state index contributed by atoms with van der Waals surface area (Å²) < 4.78 is 12.9. The van der Waals surface area contributed by atoms with Gasteiger partial charge in [0.05, 0.1) is 0 Å². The zero-order valence-electron chi connectivity index (χ0n) is 10.5. The Morgan fingerprint density at radius 3 is 2.00 bits per heavy atom. The molecule has 0 aliphatic heterocycles. The van der Waals surface area contributed by atoms with Gasteiger partial charge in [-0.15, -0.1) is 0 Å². The predicted molar refractivity (Wildman–Crippen MR) is 62.8 cm³/mol. The van der Waals surface area contributed by atoms with Gasteiger partial charge in [-0.2, -0.15) is 0 Å². The van der Waals surface area contributed by atoms with Crippen molar-refractivity contribution in [2.24, 2.45) is 0 Å². The highest BCUT2D eigenvalue weighted by Crippen LogP contribution is 2.30. The average molecular weight is 212 g/mol. The zero-order valence-corrected chi connectivity index (χ0v) is 10.5. The zero-order chi connectivity index (χ0) is 12.2. The lowest BCUT2D eigenvalue weighted by atomic mass is 9.84. The van der Waals surface area contributed by atoms with Gasteiger partial charge in [0.1, 0.15) is 0 Å². The first-order valence-corrected chi connectivity index (χ1v) is 5.32. The molecule has 0 radical (unpaired) electrons. The SMILES string of the molecule is CC.Cc1cc(F)c(O)cc1C(C)(C)C. The van der Waals surface area contributed by atoms with Crippen molar-refractivity contribution in [2.45, 2.75) is 47.0 Å². The topological polar surface area (TPSA) is 20.2 Å². The predicted octanol–water partition coefficient (Wildman–Crippen LogP) is 4.16. The molecule has 0 aromatic heterocycles. The van der Waals surface area contributed by atoms with Crippen LogP contribution in [0.2, 0.25) is 0 Å². The van der Waals surface area contributed by atoms with E-state index in [1.165, 1.54) is 12.1 Å². The first-order chi connectivity index (χ1) is 6.82. The van der Waals surface area contributed by atoms with E-state index < -0.39 is 5.82 Å². The summed E-state index contributed by atoms with van der Waals surface area (Å²) in [5.74, 6) is -0.818. The van der Waals surface area contributed by atoms with E-state index in [1.807, 2.05) is 41.5 Å². The molecule has 1 N–H and O–H groups in total. The third-order valence-corrected chi connectivity index (χ3v) is 2.10. The van der Waals surface area contributed by atoms with Gasteiger partial charge in [-0.1, -0.05) is 34.6 Å². The van der Waals surface area contributed by atoms with Gasteiger partial charge in [0.25, 0.3) is 0 Å². The van der Waals surface area contributed by atoms with Gasteiger partial charge in [0.15, 0.2) is 11.6 Å². The third kappa shape index (κ3) is 3.54. The molecule has 0 amide bonds. The minimum Gasteiger partial charge on any atom is -0.505 e. The lowest BCUT2D eigenvalue weighted by molar-refractivity contribution is 0.428. The third-order valence-electron chi connectivity index (χ3n) is 2.10. The number of benzene rings is 1. The Bertz CT molecular complexity index is 324. The molecule has 0 spiro atoms. The van der Waals surface area contributed by atoms with E-state index in [4.69, 9.17) is 0 Å². The fourth-order valence-corrected chi connectivity index (χ4v) is 1.47. The molecule has 0 saturated carbocycles. The first kappa shape index (κ1) is 13.9. The maximum Gasteiger partial charge on any atom is 0.165 e. The van der Waals surface area contributed by atoms with E-state index in [0.29, 0.717) is 0 Å². The molecule has 0 atom stereocenters. The number of rotatable bonds is 0. The largest absolute Gasteiger partial charge is 0.505 e. The molecule has 86 valence electrons.